The molecule has 3 N–H and O–H groups in total. The van der Waals surface area contributed by atoms with Crippen LogP contribution in [0.5, 0.6) is 0 Å². The molecule has 144 valence electrons. The third kappa shape index (κ3) is 7.87. The number of rotatable bonds is 8. The molecule has 0 fully saturated rings. The predicted octanol–water partition coefficient (Wildman–Crippen LogP) is 1.68. The topological polar surface area (TPSA) is 107 Å². The fourth-order valence-electron chi connectivity index (χ4n) is 2.01. The summed E-state index contributed by atoms with van der Waals surface area (Å²) in [7, 11) is 1.93. The highest BCUT2D eigenvalue weighted by atomic mass is 32.1. The standard InChI is InChI=1S/C15H20FNO2S.C2H2O4/c1-17(4-6-18)5-8-19-7-2-12-10-13-3-9-20-15(13)11-14(12)16;3-1(4)2(5)6/h3,9-11,18H,2,4-8H2,1H3;(H,3,4)(H,5,6). The molecule has 0 bridgehead atoms. The molecule has 0 aliphatic heterocycles. The van der Waals surface area contributed by atoms with E-state index in [0.717, 1.165) is 16.6 Å². The van der Waals surface area contributed by atoms with Gasteiger partial charge in [0, 0.05) is 17.8 Å². The second kappa shape index (κ2) is 11.5. The van der Waals surface area contributed by atoms with E-state index in [2.05, 4.69) is 0 Å². The highest BCUT2D eigenvalue weighted by molar-refractivity contribution is 7.17. The molecule has 0 aliphatic rings. The summed E-state index contributed by atoms with van der Waals surface area (Å²) < 4.78 is 20.3. The summed E-state index contributed by atoms with van der Waals surface area (Å²) in [4.78, 5) is 20.2. The minimum atomic E-state index is -1.82. The Morgan fingerprint density at radius 2 is 1.88 bits per heavy atom. The first-order valence-corrected chi connectivity index (χ1v) is 8.72. The van der Waals surface area contributed by atoms with E-state index < -0.39 is 11.9 Å². The van der Waals surface area contributed by atoms with Crippen LogP contribution in [0.1, 0.15) is 5.56 Å². The quantitative estimate of drug-likeness (QED) is 0.467. The molecule has 0 spiro atoms. The van der Waals surface area contributed by atoms with Gasteiger partial charge in [-0.05, 0) is 48.0 Å². The van der Waals surface area contributed by atoms with Crippen LogP contribution in [0.3, 0.4) is 0 Å². The molecule has 9 heteroatoms. The Hall–Kier alpha value is -2.07. The summed E-state index contributed by atoms with van der Waals surface area (Å²) >= 11 is 1.55. The summed E-state index contributed by atoms with van der Waals surface area (Å²) in [5, 5.41) is 26.6. The lowest BCUT2D eigenvalue weighted by atomic mass is 10.1. The van der Waals surface area contributed by atoms with Crippen LogP contribution in [0.15, 0.2) is 23.6 Å². The summed E-state index contributed by atoms with van der Waals surface area (Å²) in [5.41, 5.74) is 0.708. The van der Waals surface area contributed by atoms with Gasteiger partial charge in [-0.15, -0.1) is 11.3 Å². The minimum absolute atomic E-state index is 0.152. The second-order valence-corrected chi connectivity index (χ2v) is 6.35. The summed E-state index contributed by atoms with van der Waals surface area (Å²) in [6, 6.07) is 5.51. The molecule has 26 heavy (non-hydrogen) atoms. The smallest absolute Gasteiger partial charge is 0.414 e. The molecule has 0 saturated heterocycles. The van der Waals surface area contributed by atoms with Crippen molar-refractivity contribution in [2.24, 2.45) is 0 Å². The van der Waals surface area contributed by atoms with Crippen LogP contribution in [0.2, 0.25) is 0 Å². The molecule has 2 aromatic rings. The predicted molar refractivity (Wildman–Crippen MR) is 96.2 cm³/mol. The van der Waals surface area contributed by atoms with Crippen molar-refractivity contribution in [2.45, 2.75) is 6.42 Å². The molecular weight excluding hydrogens is 365 g/mol. The van der Waals surface area contributed by atoms with E-state index in [4.69, 9.17) is 29.6 Å². The van der Waals surface area contributed by atoms with E-state index in [-0.39, 0.29) is 12.4 Å². The number of aliphatic hydroxyl groups is 1. The van der Waals surface area contributed by atoms with Crippen LogP contribution in [0.4, 0.5) is 4.39 Å². The van der Waals surface area contributed by atoms with Crippen molar-refractivity contribution in [3.8, 4) is 0 Å². The third-order valence-corrected chi connectivity index (χ3v) is 4.30. The fourth-order valence-corrected chi connectivity index (χ4v) is 2.81. The van der Waals surface area contributed by atoms with E-state index in [1.807, 2.05) is 29.5 Å². The summed E-state index contributed by atoms with van der Waals surface area (Å²) in [6.45, 7) is 2.68. The van der Waals surface area contributed by atoms with E-state index in [1.54, 1.807) is 17.4 Å². The van der Waals surface area contributed by atoms with Gasteiger partial charge in [0.1, 0.15) is 5.82 Å². The van der Waals surface area contributed by atoms with E-state index in [1.165, 1.54) is 0 Å². The van der Waals surface area contributed by atoms with Crippen LogP contribution < -0.4 is 0 Å². The summed E-state index contributed by atoms with van der Waals surface area (Å²) in [5.74, 6) is -3.80. The number of carboxylic acids is 2. The van der Waals surface area contributed by atoms with Gasteiger partial charge in [0.2, 0.25) is 0 Å². The number of hydrogen-bond donors (Lipinski definition) is 3. The van der Waals surface area contributed by atoms with Crippen molar-refractivity contribution in [3.63, 3.8) is 0 Å². The van der Waals surface area contributed by atoms with E-state index >= 15 is 0 Å². The van der Waals surface area contributed by atoms with Crippen LogP contribution in [-0.2, 0) is 20.7 Å². The van der Waals surface area contributed by atoms with Crippen molar-refractivity contribution in [1.82, 2.24) is 4.90 Å². The second-order valence-electron chi connectivity index (χ2n) is 5.40. The number of aliphatic hydroxyl groups excluding tert-OH is 1. The van der Waals surface area contributed by atoms with Gasteiger partial charge in [0.05, 0.1) is 19.8 Å². The Labute approximate surface area is 154 Å². The minimum Gasteiger partial charge on any atom is -0.473 e. The largest absolute Gasteiger partial charge is 0.473 e. The van der Waals surface area contributed by atoms with Crippen molar-refractivity contribution in [3.05, 3.63) is 35.0 Å². The zero-order chi connectivity index (χ0) is 19.5. The van der Waals surface area contributed by atoms with Gasteiger partial charge in [-0.3, -0.25) is 0 Å². The Balaban J connectivity index is 0.000000487. The Kier molecular flexibility index (Phi) is 9.74. The Morgan fingerprint density at radius 3 is 2.50 bits per heavy atom. The van der Waals surface area contributed by atoms with Crippen molar-refractivity contribution < 1.29 is 34.0 Å². The van der Waals surface area contributed by atoms with Gasteiger partial charge in [-0.1, -0.05) is 0 Å². The Morgan fingerprint density at radius 1 is 1.19 bits per heavy atom. The average Bonchev–Trinajstić information content (AvgIpc) is 3.02. The van der Waals surface area contributed by atoms with Gasteiger partial charge < -0.3 is 25.0 Å². The molecule has 0 saturated carbocycles. The van der Waals surface area contributed by atoms with Crippen LogP contribution in [-0.4, -0.2) is 72.1 Å². The first kappa shape index (κ1) is 22.0. The van der Waals surface area contributed by atoms with Gasteiger partial charge in [0.25, 0.3) is 0 Å². The number of hydrogen-bond acceptors (Lipinski definition) is 6. The van der Waals surface area contributed by atoms with Gasteiger partial charge in [0.15, 0.2) is 0 Å². The number of carbonyl (C=O) groups is 2. The molecule has 0 amide bonds. The molecule has 0 atom stereocenters. The lowest BCUT2D eigenvalue weighted by molar-refractivity contribution is -0.159. The van der Waals surface area contributed by atoms with Crippen molar-refractivity contribution in [2.75, 3.05) is 40.0 Å². The maximum absolute atomic E-state index is 13.9. The lowest BCUT2D eigenvalue weighted by Crippen LogP contribution is -2.26. The van der Waals surface area contributed by atoms with Gasteiger partial charge in [-0.2, -0.15) is 0 Å². The maximum atomic E-state index is 13.9. The molecule has 7 nitrogen and oxygen atoms in total. The van der Waals surface area contributed by atoms with Crippen molar-refractivity contribution in [1.29, 1.82) is 0 Å². The number of likely N-dealkylation sites (N-methyl/N-ethyl adjacent to an activating group) is 1. The number of halogens is 1. The lowest BCUT2D eigenvalue weighted by Gasteiger charge is -2.14. The first-order valence-electron chi connectivity index (χ1n) is 7.84. The number of fused-ring (bicyclic) bond motifs is 1. The number of thiophene rings is 1. The van der Waals surface area contributed by atoms with Crippen LogP contribution in [0, 0.1) is 5.82 Å². The average molecular weight is 387 g/mol. The molecule has 1 aromatic carbocycles. The van der Waals surface area contributed by atoms with Gasteiger partial charge in [-0.25, -0.2) is 14.0 Å². The number of aliphatic carboxylic acids is 2. The maximum Gasteiger partial charge on any atom is 0.414 e. The molecule has 0 radical (unpaired) electrons. The van der Waals surface area contributed by atoms with Gasteiger partial charge >= 0.3 is 11.9 Å². The molecular formula is C17H22FNO6S. The molecule has 1 heterocycles. The fraction of sp³-hybridized carbons (Fsp3) is 0.412. The molecule has 0 unspecified atom stereocenters. The SMILES string of the molecule is CN(CCO)CCOCCc1cc2ccsc2cc1F.O=C(O)C(=O)O. The zero-order valence-electron chi connectivity index (χ0n) is 14.4. The van der Waals surface area contributed by atoms with Crippen LogP contribution in [0.25, 0.3) is 10.1 Å². The number of benzene rings is 1. The monoisotopic (exact) mass is 387 g/mol. The molecule has 1 aromatic heterocycles. The molecule has 2 rings (SSSR count). The number of carboxylic acid groups (broad SMARTS) is 2. The van der Waals surface area contributed by atoms with Crippen LogP contribution >= 0.6 is 11.3 Å². The first-order chi connectivity index (χ1) is 12.3. The zero-order valence-corrected chi connectivity index (χ0v) is 15.2. The number of ether oxygens (including phenoxy) is 1. The highest BCUT2D eigenvalue weighted by Crippen LogP contribution is 2.24. The molecule has 0 aliphatic carbocycles. The highest BCUT2D eigenvalue weighted by Gasteiger charge is 2.06. The third-order valence-electron chi connectivity index (χ3n) is 3.42. The summed E-state index contributed by atoms with van der Waals surface area (Å²) in [6.07, 6.45) is 0.585. The Bertz CT molecular complexity index is 708. The van der Waals surface area contributed by atoms with E-state index in [0.29, 0.717) is 31.7 Å². The number of nitrogens with zero attached hydrogens (tertiary/aromatic N) is 1. The van der Waals surface area contributed by atoms with Crippen molar-refractivity contribution >= 4 is 33.4 Å². The normalized spacial score (nSPS) is 10.6. The van der Waals surface area contributed by atoms with E-state index in [9.17, 15) is 4.39 Å².